The average Bonchev–Trinajstić information content (AvgIpc) is 2.06. The lowest BCUT2D eigenvalue weighted by molar-refractivity contribution is -0.276. The zero-order chi connectivity index (χ0) is 13.4. The first-order valence-electron chi connectivity index (χ1n) is 4.00. The van der Waals surface area contributed by atoms with E-state index in [4.69, 9.17) is 0 Å². The summed E-state index contributed by atoms with van der Waals surface area (Å²) >= 11 is 1.35. The molecule has 0 amide bonds. The van der Waals surface area contributed by atoms with Crippen molar-refractivity contribution in [2.24, 2.45) is 0 Å². The second-order valence-electron chi connectivity index (χ2n) is 2.96. The molecule has 17 heavy (non-hydrogen) atoms. The van der Waals surface area contributed by atoms with Crippen LogP contribution in [0.3, 0.4) is 0 Å². The van der Waals surface area contributed by atoms with Crippen LogP contribution in [0.25, 0.3) is 0 Å². The zero-order valence-corrected chi connectivity index (χ0v) is 10.2. The fraction of sp³-hybridized carbons (Fsp3) is 0.375. The van der Waals surface area contributed by atoms with E-state index in [1.165, 1.54) is 22.6 Å². The number of alkyl halides is 6. The molecule has 0 bridgehead atoms. The molecule has 1 aromatic heterocycles. The lowest BCUT2D eigenvalue weighted by Crippen LogP contribution is -2.20. The van der Waals surface area contributed by atoms with E-state index in [-0.39, 0.29) is 3.57 Å². The molecule has 0 radical (unpaired) electrons. The third kappa shape index (κ3) is 3.61. The normalized spacial score (nSPS) is 12.7. The molecule has 0 spiro atoms. The number of hydrogen-bond acceptors (Lipinski definition) is 2. The number of nitrogens with zero attached hydrogens (tertiary/aromatic N) is 1. The molecule has 1 rings (SSSR count). The zero-order valence-electron chi connectivity index (χ0n) is 8.08. The van der Waals surface area contributed by atoms with E-state index in [1.807, 2.05) is 0 Å². The second-order valence-corrected chi connectivity index (χ2v) is 4.12. The van der Waals surface area contributed by atoms with E-state index in [0.717, 1.165) is 6.92 Å². The molecular weight excluding hydrogens is 367 g/mol. The largest absolute Gasteiger partial charge is 0.574 e. The molecule has 1 heterocycles. The predicted molar refractivity (Wildman–Crippen MR) is 53.4 cm³/mol. The maximum absolute atomic E-state index is 12.6. The summed E-state index contributed by atoms with van der Waals surface area (Å²) in [6, 6.07) is 0. The summed E-state index contributed by atoms with van der Waals surface area (Å²) in [7, 11) is 0. The molecule has 0 aliphatic carbocycles. The van der Waals surface area contributed by atoms with Crippen molar-refractivity contribution >= 4 is 22.6 Å². The summed E-state index contributed by atoms with van der Waals surface area (Å²) in [5.41, 5.74) is -1.87. The van der Waals surface area contributed by atoms with Gasteiger partial charge in [-0.05, 0) is 29.5 Å². The van der Waals surface area contributed by atoms with Gasteiger partial charge in [-0.1, -0.05) is 0 Å². The van der Waals surface area contributed by atoms with Crippen molar-refractivity contribution in [1.82, 2.24) is 4.98 Å². The number of hydrogen-bond donors (Lipinski definition) is 0. The highest BCUT2D eigenvalue weighted by Crippen LogP contribution is 2.38. The quantitative estimate of drug-likeness (QED) is 0.552. The van der Waals surface area contributed by atoms with E-state index in [1.54, 1.807) is 0 Å². The Balaban J connectivity index is 3.30. The second kappa shape index (κ2) is 4.50. The van der Waals surface area contributed by atoms with Gasteiger partial charge in [-0.15, -0.1) is 13.2 Å². The van der Waals surface area contributed by atoms with Gasteiger partial charge in [-0.3, -0.25) is 0 Å². The lowest BCUT2D eigenvalue weighted by Gasteiger charge is -2.16. The molecule has 0 aromatic carbocycles. The molecule has 9 heteroatoms. The van der Waals surface area contributed by atoms with E-state index in [0.29, 0.717) is 6.20 Å². The van der Waals surface area contributed by atoms with Gasteiger partial charge in [0.25, 0.3) is 0 Å². The van der Waals surface area contributed by atoms with Crippen molar-refractivity contribution in [2.75, 3.05) is 0 Å². The Morgan fingerprint density at radius 1 is 1.18 bits per heavy atom. The Bertz CT molecular complexity index is 427. The van der Waals surface area contributed by atoms with Gasteiger partial charge in [0.15, 0.2) is 0 Å². The van der Waals surface area contributed by atoms with E-state index in [2.05, 4.69) is 9.72 Å². The topological polar surface area (TPSA) is 22.1 Å². The maximum Gasteiger partial charge on any atom is 0.574 e. The van der Waals surface area contributed by atoms with Gasteiger partial charge in [0.2, 0.25) is 5.88 Å². The van der Waals surface area contributed by atoms with Crippen LogP contribution in [0.15, 0.2) is 6.20 Å². The molecule has 0 N–H and O–H groups in total. The van der Waals surface area contributed by atoms with Crippen LogP contribution in [-0.2, 0) is 6.18 Å². The molecule has 0 aliphatic rings. The van der Waals surface area contributed by atoms with Crippen LogP contribution < -0.4 is 4.74 Å². The molecule has 0 saturated carbocycles. The minimum atomic E-state index is -5.08. The number of rotatable bonds is 1. The van der Waals surface area contributed by atoms with E-state index < -0.39 is 29.5 Å². The predicted octanol–water partition coefficient (Wildman–Crippen LogP) is 3.91. The summed E-state index contributed by atoms with van der Waals surface area (Å²) < 4.78 is 76.5. The van der Waals surface area contributed by atoms with Gasteiger partial charge in [-0.25, -0.2) is 4.98 Å². The van der Waals surface area contributed by atoms with Crippen LogP contribution in [0.5, 0.6) is 5.88 Å². The van der Waals surface area contributed by atoms with Crippen LogP contribution >= 0.6 is 22.6 Å². The summed E-state index contributed by atoms with van der Waals surface area (Å²) in [5.74, 6) is -1.09. The van der Waals surface area contributed by atoms with Gasteiger partial charge < -0.3 is 4.74 Å². The fourth-order valence-corrected chi connectivity index (χ4v) is 1.97. The molecule has 1 aromatic rings. The van der Waals surface area contributed by atoms with Crippen molar-refractivity contribution in [3.05, 3.63) is 20.9 Å². The highest BCUT2D eigenvalue weighted by atomic mass is 127. The minimum absolute atomic E-state index is 0.290. The van der Waals surface area contributed by atoms with Gasteiger partial charge in [0.1, 0.15) is 0 Å². The van der Waals surface area contributed by atoms with Crippen LogP contribution in [0.1, 0.15) is 11.1 Å². The average molecular weight is 371 g/mol. The minimum Gasteiger partial charge on any atom is -0.388 e. The summed E-state index contributed by atoms with van der Waals surface area (Å²) in [5, 5.41) is 0. The van der Waals surface area contributed by atoms with Gasteiger partial charge in [0.05, 0.1) is 5.56 Å². The highest BCUT2D eigenvalue weighted by Gasteiger charge is 2.39. The first-order chi connectivity index (χ1) is 7.52. The number of pyridine rings is 1. The van der Waals surface area contributed by atoms with Gasteiger partial charge >= 0.3 is 12.5 Å². The maximum atomic E-state index is 12.6. The Morgan fingerprint density at radius 2 is 1.71 bits per heavy atom. The molecule has 0 saturated heterocycles. The van der Waals surface area contributed by atoms with Crippen molar-refractivity contribution in [3.8, 4) is 5.88 Å². The van der Waals surface area contributed by atoms with Crippen molar-refractivity contribution < 1.29 is 31.1 Å². The molecule has 2 nitrogen and oxygen atoms in total. The van der Waals surface area contributed by atoms with E-state index in [9.17, 15) is 26.3 Å². The van der Waals surface area contributed by atoms with Crippen molar-refractivity contribution in [2.45, 2.75) is 19.5 Å². The van der Waals surface area contributed by atoms with Crippen LogP contribution in [-0.4, -0.2) is 11.3 Å². The van der Waals surface area contributed by atoms with Gasteiger partial charge in [0, 0.05) is 15.3 Å². The third-order valence-corrected chi connectivity index (χ3v) is 2.54. The summed E-state index contributed by atoms with van der Waals surface area (Å²) in [6.07, 6.45) is -9.15. The van der Waals surface area contributed by atoms with E-state index >= 15 is 0 Å². The smallest absolute Gasteiger partial charge is 0.388 e. The Hall–Kier alpha value is -0.740. The first kappa shape index (κ1) is 14.3. The molecule has 96 valence electrons. The van der Waals surface area contributed by atoms with Crippen LogP contribution in [0.4, 0.5) is 26.3 Å². The molecule has 0 aliphatic heterocycles. The standard InChI is InChI=1S/C8H4F6INO/c1-3-5(7(9,10)11)4(15)2-16-6(3)17-8(12,13)14/h2H,1H3. The number of halogens is 7. The Labute approximate surface area is 105 Å². The van der Waals surface area contributed by atoms with Crippen molar-refractivity contribution in [3.63, 3.8) is 0 Å². The number of ether oxygens (including phenoxy) is 1. The SMILES string of the molecule is Cc1c(OC(F)(F)F)ncc(I)c1C(F)(F)F. The molecular formula is C8H4F6INO. The monoisotopic (exact) mass is 371 g/mol. The summed E-state index contributed by atoms with van der Waals surface area (Å²) in [4.78, 5) is 3.19. The molecule has 0 fully saturated rings. The van der Waals surface area contributed by atoms with Gasteiger partial charge in [-0.2, -0.15) is 13.2 Å². The van der Waals surface area contributed by atoms with Crippen molar-refractivity contribution in [1.29, 1.82) is 0 Å². The summed E-state index contributed by atoms with van der Waals surface area (Å²) in [6.45, 7) is 0.874. The lowest BCUT2D eigenvalue weighted by atomic mass is 10.1. The van der Waals surface area contributed by atoms with Crippen LogP contribution in [0.2, 0.25) is 0 Å². The fourth-order valence-electron chi connectivity index (χ4n) is 1.12. The Kier molecular flexibility index (Phi) is 3.79. The highest BCUT2D eigenvalue weighted by molar-refractivity contribution is 14.1. The first-order valence-corrected chi connectivity index (χ1v) is 5.08. The molecule has 0 atom stereocenters. The number of aromatic nitrogens is 1. The molecule has 0 unspecified atom stereocenters. The van der Waals surface area contributed by atoms with Crippen LogP contribution in [0, 0.1) is 10.5 Å². The Morgan fingerprint density at radius 3 is 2.12 bits per heavy atom. The third-order valence-electron chi connectivity index (χ3n) is 1.73.